The minimum atomic E-state index is 0.179. The number of amidine groups is 1. The Hall–Kier alpha value is -1.71. The summed E-state index contributed by atoms with van der Waals surface area (Å²) in [5, 5.41) is 11.9. The fourth-order valence-corrected chi connectivity index (χ4v) is 3.31. The summed E-state index contributed by atoms with van der Waals surface area (Å²) in [6, 6.07) is 6.18. The second-order valence-corrected chi connectivity index (χ2v) is 6.06. The largest absolute Gasteiger partial charge is 0.409 e. The van der Waals surface area contributed by atoms with Crippen molar-refractivity contribution in [3.63, 3.8) is 0 Å². The maximum atomic E-state index is 8.80. The highest BCUT2D eigenvalue weighted by Gasteiger charge is 2.17. The van der Waals surface area contributed by atoms with E-state index in [4.69, 9.17) is 10.9 Å². The Kier molecular flexibility index (Phi) is 5.48. The van der Waals surface area contributed by atoms with E-state index in [9.17, 15) is 0 Å². The second-order valence-electron chi connectivity index (χ2n) is 6.06. The number of anilines is 1. The van der Waals surface area contributed by atoms with Gasteiger partial charge in [0, 0.05) is 24.3 Å². The molecule has 1 fully saturated rings. The molecule has 0 aliphatic carbocycles. The van der Waals surface area contributed by atoms with Crippen LogP contribution >= 0.6 is 0 Å². The third-order valence-corrected chi connectivity index (χ3v) is 4.50. The van der Waals surface area contributed by atoms with Gasteiger partial charge in [-0.05, 0) is 55.9 Å². The topological polar surface area (TPSA) is 61.8 Å². The van der Waals surface area contributed by atoms with Gasteiger partial charge in [0.1, 0.15) is 0 Å². The average molecular weight is 289 g/mol. The van der Waals surface area contributed by atoms with Crippen LogP contribution in [0.25, 0.3) is 0 Å². The molecule has 3 N–H and O–H groups in total. The Morgan fingerprint density at radius 1 is 1.38 bits per heavy atom. The molecule has 4 nitrogen and oxygen atoms in total. The molecule has 1 aromatic carbocycles. The normalized spacial score (nSPS) is 20.4. The van der Waals surface area contributed by atoms with Crippen LogP contribution in [0.4, 0.5) is 5.69 Å². The lowest BCUT2D eigenvalue weighted by Crippen LogP contribution is -2.24. The van der Waals surface area contributed by atoms with Crippen LogP contribution in [-0.2, 0) is 0 Å². The lowest BCUT2D eigenvalue weighted by molar-refractivity contribution is 0.318. The van der Waals surface area contributed by atoms with Crippen LogP contribution in [0.1, 0.15) is 50.2 Å². The molecule has 4 heteroatoms. The Morgan fingerprint density at radius 2 is 2.19 bits per heavy atom. The second kappa shape index (κ2) is 7.34. The summed E-state index contributed by atoms with van der Waals surface area (Å²) < 4.78 is 0. The van der Waals surface area contributed by atoms with E-state index in [2.05, 4.69) is 29.1 Å². The summed E-state index contributed by atoms with van der Waals surface area (Å²) >= 11 is 0. The molecular weight excluding hydrogens is 262 g/mol. The van der Waals surface area contributed by atoms with Gasteiger partial charge in [-0.15, -0.1) is 0 Å². The van der Waals surface area contributed by atoms with Crippen LogP contribution in [0.15, 0.2) is 23.4 Å². The molecule has 1 aliphatic heterocycles. The van der Waals surface area contributed by atoms with Gasteiger partial charge < -0.3 is 15.8 Å². The van der Waals surface area contributed by atoms with Crippen LogP contribution in [0, 0.1) is 12.8 Å². The van der Waals surface area contributed by atoms with Crippen molar-refractivity contribution < 1.29 is 5.21 Å². The van der Waals surface area contributed by atoms with Crippen LogP contribution < -0.4 is 10.6 Å². The van der Waals surface area contributed by atoms with Crippen molar-refractivity contribution in [2.24, 2.45) is 16.8 Å². The zero-order valence-electron chi connectivity index (χ0n) is 13.2. The quantitative estimate of drug-likeness (QED) is 0.386. The standard InChI is InChI=1S/C17H27N3O/c1-3-5-14-6-4-10-20(11-9-14)15-7-8-16(13(2)12-15)17(18)19-21/h7-8,12,14,21H,3-6,9-11H2,1-2H3,(H2,18,19). The van der Waals surface area contributed by atoms with Crippen LogP contribution in [-0.4, -0.2) is 24.1 Å². The molecule has 1 atom stereocenters. The van der Waals surface area contributed by atoms with Gasteiger partial charge >= 0.3 is 0 Å². The van der Waals surface area contributed by atoms with Gasteiger partial charge in [-0.1, -0.05) is 24.9 Å². The van der Waals surface area contributed by atoms with Crippen LogP contribution in [0.3, 0.4) is 0 Å². The van der Waals surface area contributed by atoms with Crippen molar-refractivity contribution in [1.82, 2.24) is 0 Å². The molecule has 21 heavy (non-hydrogen) atoms. The highest BCUT2D eigenvalue weighted by atomic mass is 16.4. The Labute approximate surface area is 127 Å². The molecule has 1 unspecified atom stereocenters. The summed E-state index contributed by atoms with van der Waals surface area (Å²) in [5.41, 5.74) is 8.79. The molecule has 1 aromatic rings. The summed E-state index contributed by atoms with van der Waals surface area (Å²) in [7, 11) is 0. The molecule has 1 aliphatic rings. The third kappa shape index (κ3) is 3.90. The zero-order valence-corrected chi connectivity index (χ0v) is 13.2. The monoisotopic (exact) mass is 289 g/mol. The van der Waals surface area contributed by atoms with Gasteiger partial charge in [-0.3, -0.25) is 0 Å². The molecular formula is C17H27N3O. The molecule has 116 valence electrons. The minimum absolute atomic E-state index is 0.179. The van der Waals surface area contributed by atoms with E-state index < -0.39 is 0 Å². The van der Waals surface area contributed by atoms with Crippen molar-refractivity contribution >= 4 is 11.5 Å². The van der Waals surface area contributed by atoms with Gasteiger partial charge in [0.25, 0.3) is 0 Å². The van der Waals surface area contributed by atoms with Crippen molar-refractivity contribution in [2.45, 2.75) is 46.0 Å². The number of rotatable bonds is 4. The average Bonchev–Trinajstić information content (AvgIpc) is 2.72. The number of benzene rings is 1. The molecule has 0 amide bonds. The van der Waals surface area contributed by atoms with E-state index in [0.717, 1.165) is 30.1 Å². The summed E-state index contributed by atoms with van der Waals surface area (Å²) in [6.07, 6.45) is 6.56. The van der Waals surface area contributed by atoms with Gasteiger partial charge in [0.05, 0.1) is 0 Å². The zero-order chi connectivity index (χ0) is 15.2. The van der Waals surface area contributed by atoms with Gasteiger partial charge in [-0.2, -0.15) is 0 Å². The Bertz CT molecular complexity index is 499. The first-order valence-electron chi connectivity index (χ1n) is 7.99. The van der Waals surface area contributed by atoms with Crippen molar-refractivity contribution in [3.05, 3.63) is 29.3 Å². The minimum Gasteiger partial charge on any atom is -0.409 e. The van der Waals surface area contributed by atoms with Gasteiger partial charge in [0.15, 0.2) is 5.84 Å². The van der Waals surface area contributed by atoms with Crippen LogP contribution in [0.5, 0.6) is 0 Å². The van der Waals surface area contributed by atoms with E-state index in [1.807, 2.05) is 13.0 Å². The van der Waals surface area contributed by atoms with E-state index in [-0.39, 0.29) is 5.84 Å². The molecule has 0 aromatic heterocycles. The molecule has 0 saturated carbocycles. The molecule has 0 spiro atoms. The van der Waals surface area contributed by atoms with E-state index in [0.29, 0.717) is 0 Å². The Morgan fingerprint density at radius 3 is 2.86 bits per heavy atom. The van der Waals surface area contributed by atoms with Gasteiger partial charge in [0.2, 0.25) is 0 Å². The third-order valence-electron chi connectivity index (χ3n) is 4.50. The smallest absolute Gasteiger partial charge is 0.170 e. The van der Waals surface area contributed by atoms with Crippen molar-refractivity contribution in [2.75, 3.05) is 18.0 Å². The molecule has 0 radical (unpaired) electrons. The van der Waals surface area contributed by atoms with Crippen molar-refractivity contribution in [1.29, 1.82) is 0 Å². The number of nitrogens with zero attached hydrogens (tertiary/aromatic N) is 2. The number of hydrogen-bond donors (Lipinski definition) is 2. The fourth-order valence-electron chi connectivity index (χ4n) is 3.31. The fraction of sp³-hybridized carbons (Fsp3) is 0.588. The highest BCUT2D eigenvalue weighted by Crippen LogP contribution is 2.26. The number of nitrogens with two attached hydrogens (primary N) is 1. The predicted octanol–water partition coefficient (Wildman–Crippen LogP) is 3.50. The summed E-state index contributed by atoms with van der Waals surface area (Å²) in [5.74, 6) is 1.07. The lowest BCUT2D eigenvalue weighted by Gasteiger charge is -2.24. The van der Waals surface area contributed by atoms with E-state index >= 15 is 0 Å². The summed E-state index contributed by atoms with van der Waals surface area (Å²) in [4.78, 5) is 2.47. The first-order valence-corrected chi connectivity index (χ1v) is 7.99. The number of aryl methyl sites for hydroxylation is 1. The van der Waals surface area contributed by atoms with Crippen LogP contribution in [0.2, 0.25) is 0 Å². The molecule has 1 saturated heterocycles. The van der Waals surface area contributed by atoms with E-state index in [1.54, 1.807) is 0 Å². The van der Waals surface area contributed by atoms with E-state index in [1.165, 1.54) is 37.8 Å². The van der Waals surface area contributed by atoms with Gasteiger partial charge in [-0.25, -0.2) is 0 Å². The number of hydrogen-bond acceptors (Lipinski definition) is 3. The molecule has 1 heterocycles. The molecule has 2 rings (SSSR count). The van der Waals surface area contributed by atoms with Crippen molar-refractivity contribution in [3.8, 4) is 0 Å². The molecule has 0 bridgehead atoms. The maximum absolute atomic E-state index is 8.80. The maximum Gasteiger partial charge on any atom is 0.170 e. The summed E-state index contributed by atoms with van der Waals surface area (Å²) in [6.45, 7) is 6.54. The Balaban J connectivity index is 2.10. The first kappa shape index (κ1) is 15.7. The highest BCUT2D eigenvalue weighted by molar-refractivity contribution is 5.98. The lowest BCUT2D eigenvalue weighted by atomic mass is 9.96. The number of oxime groups is 1. The predicted molar refractivity (Wildman–Crippen MR) is 88.2 cm³/mol. The first-order chi connectivity index (χ1) is 10.2. The SMILES string of the molecule is CCCC1CCCN(c2ccc(/C(N)=N/O)c(C)c2)CC1.